The number of fused-ring (bicyclic) bond motifs is 1. The third kappa shape index (κ3) is 5.81. The molecule has 6 nitrogen and oxygen atoms in total. The quantitative estimate of drug-likeness (QED) is 0.460. The molecule has 0 saturated carbocycles. The number of H-pyrrole nitrogens is 1. The molecule has 0 atom stereocenters. The molecule has 1 saturated heterocycles. The van der Waals surface area contributed by atoms with Gasteiger partial charge in [-0.15, -0.1) is 0 Å². The van der Waals surface area contributed by atoms with Gasteiger partial charge in [-0.1, -0.05) is 25.4 Å². The van der Waals surface area contributed by atoms with Gasteiger partial charge in [0, 0.05) is 80.4 Å². The SMILES string of the molecule is CC.CCN(c1cc(Cl)cc2c(NCc3c(C)cc(C)[nH]c3=O)nccc12)C1CCS(=O)CC1. The molecule has 0 radical (unpaired) electrons. The normalized spacial score (nSPS) is 17.7. The minimum Gasteiger partial charge on any atom is -0.368 e. The zero-order chi connectivity index (χ0) is 24.8. The van der Waals surface area contributed by atoms with Crippen molar-refractivity contribution in [1.29, 1.82) is 0 Å². The molecule has 4 rings (SSSR count). The van der Waals surface area contributed by atoms with Crippen LogP contribution in [0, 0.1) is 13.8 Å². The van der Waals surface area contributed by atoms with Gasteiger partial charge >= 0.3 is 0 Å². The van der Waals surface area contributed by atoms with E-state index in [1.54, 1.807) is 6.20 Å². The molecule has 2 N–H and O–H groups in total. The number of nitrogens with one attached hydrogen (secondary N) is 2. The van der Waals surface area contributed by atoms with Crippen molar-refractivity contribution < 1.29 is 4.21 Å². The van der Waals surface area contributed by atoms with E-state index in [-0.39, 0.29) is 5.56 Å². The number of benzene rings is 1. The number of pyridine rings is 2. The van der Waals surface area contributed by atoms with Gasteiger partial charge in [-0.2, -0.15) is 0 Å². The molecule has 0 amide bonds. The first-order valence-corrected chi connectivity index (χ1v) is 13.9. The minimum atomic E-state index is -0.698. The fraction of sp³-hybridized carbons (Fsp3) is 0.462. The highest BCUT2D eigenvalue weighted by molar-refractivity contribution is 7.85. The summed E-state index contributed by atoms with van der Waals surface area (Å²) in [6, 6.07) is 8.27. The summed E-state index contributed by atoms with van der Waals surface area (Å²) in [7, 11) is -0.698. The van der Waals surface area contributed by atoms with Crippen LogP contribution in [0.15, 0.2) is 35.3 Å². The van der Waals surface area contributed by atoms with E-state index in [1.807, 2.05) is 52.0 Å². The molecule has 184 valence electrons. The van der Waals surface area contributed by atoms with Crippen LogP contribution >= 0.6 is 11.6 Å². The molecule has 8 heteroatoms. The number of aromatic nitrogens is 2. The van der Waals surface area contributed by atoms with Gasteiger partial charge in [0.2, 0.25) is 0 Å². The Bertz CT molecular complexity index is 1220. The summed E-state index contributed by atoms with van der Waals surface area (Å²) in [5.74, 6) is 2.20. The van der Waals surface area contributed by atoms with E-state index in [2.05, 4.69) is 27.1 Å². The van der Waals surface area contributed by atoms with Crippen molar-refractivity contribution in [2.75, 3.05) is 28.3 Å². The Morgan fingerprint density at radius 2 is 1.88 bits per heavy atom. The maximum atomic E-state index is 12.4. The monoisotopic (exact) mass is 502 g/mol. The van der Waals surface area contributed by atoms with E-state index < -0.39 is 10.8 Å². The molecule has 0 bridgehead atoms. The van der Waals surface area contributed by atoms with Crippen molar-refractivity contribution >= 4 is 44.7 Å². The van der Waals surface area contributed by atoms with Crippen LogP contribution in [-0.4, -0.2) is 38.3 Å². The number of anilines is 2. The van der Waals surface area contributed by atoms with E-state index in [1.165, 1.54) is 0 Å². The van der Waals surface area contributed by atoms with Crippen LogP contribution in [0.2, 0.25) is 5.02 Å². The molecule has 0 spiro atoms. The van der Waals surface area contributed by atoms with Gasteiger partial charge in [-0.05, 0) is 63.4 Å². The highest BCUT2D eigenvalue weighted by Crippen LogP contribution is 2.36. The Morgan fingerprint density at radius 1 is 1.18 bits per heavy atom. The summed E-state index contributed by atoms with van der Waals surface area (Å²) in [6.07, 6.45) is 3.62. The number of hydrogen-bond donors (Lipinski definition) is 2. The maximum absolute atomic E-state index is 12.4. The molecule has 0 unspecified atom stereocenters. The van der Waals surface area contributed by atoms with Crippen molar-refractivity contribution in [2.24, 2.45) is 0 Å². The van der Waals surface area contributed by atoms with E-state index in [0.29, 0.717) is 29.0 Å². The molecule has 3 heterocycles. The minimum absolute atomic E-state index is 0.0826. The summed E-state index contributed by atoms with van der Waals surface area (Å²) >= 11 is 6.56. The van der Waals surface area contributed by atoms with Crippen LogP contribution in [0.4, 0.5) is 11.5 Å². The largest absolute Gasteiger partial charge is 0.368 e. The van der Waals surface area contributed by atoms with E-state index in [9.17, 15) is 9.00 Å². The van der Waals surface area contributed by atoms with Crippen molar-refractivity contribution in [1.82, 2.24) is 9.97 Å². The van der Waals surface area contributed by atoms with Gasteiger partial charge in [0.25, 0.3) is 5.56 Å². The average molecular weight is 503 g/mol. The Kier molecular flexibility index (Phi) is 9.14. The van der Waals surface area contributed by atoms with Gasteiger partial charge in [0.1, 0.15) is 5.82 Å². The topological polar surface area (TPSA) is 78.1 Å². The first-order chi connectivity index (χ1) is 16.4. The van der Waals surface area contributed by atoms with E-state index in [0.717, 1.165) is 58.6 Å². The Morgan fingerprint density at radius 3 is 2.53 bits per heavy atom. The van der Waals surface area contributed by atoms with Gasteiger partial charge in [-0.25, -0.2) is 4.98 Å². The van der Waals surface area contributed by atoms with Gasteiger partial charge in [-0.3, -0.25) is 9.00 Å². The second-order valence-corrected chi connectivity index (χ2v) is 10.5. The lowest BCUT2D eigenvalue weighted by molar-refractivity contribution is 0.551. The van der Waals surface area contributed by atoms with Crippen molar-refractivity contribution in [3.05, 3.63) is 62.7 Å². The lowest BCUT2D eigenvalue weighted by Crippen LogP contribution is -2.40. The number of rotatable bonds is 6. The molecule has 1 aliphatic heterocycles. The molecule has 3 aromatic rings. The number of aryl methyl sites for hydroxylation is 2. The molecule has 1 aromatic carbocycles. The average Bonchev–Trinajstić information content (AvgIpc) is 2.81. The highest BCUT2D eigenvalue weighted by atomic mass is 35.5. The summed E-state index contributed by atoms with van der Waals surface area (Å²) in [6.45, 7) is 11.2. The van der Waals surface area contributed by atoms with Crippen LogP contribution in [-0.2, 0) is 17.3 Å². The summed E-state index contributed by atoms with van der Waals surface area (Å²) in [5, 5.41) is 5.99. The van der Waals surface area contributed by atoms with Crippen molar-refractivity contribution in [2.45, 2.75) is 60.0 Å². The van der Waals surface area contributed by atoms with Gasteiger partial charge in [0.05, 0.1) is 0 Å². The van der Waals surface area contributed by atoms with Crippen molar-refractivity contribution in [3.8, 4) is 0 Å². The maximum Gasteiger partial charge on any atom is 0.253 e. The summed E-state index contributed by atoms with van der Waals surface area (Å²) in [4.78, 5) is 22.2. The van der Waals surface area contributed by atoms with Crippen LogP contribution in [0.3, 0.4) is 0 Å². The second kappa shape index (κ2) is 11.8. The summed E-state index contributed by atoms with van der Waals surface area (Å²) < 4.78 is 11.9. The molecule has 1 fully saturated rings. The molecule has 34 heavy (non-hydrogen) atoms. The third-order valence-electron chi connectivity index (χ3n) is 6.20. The molecule has 0 aliphatic carbocycles. The Labute approximate surface area is 209 Å². The molecule has 1 aliphatic rings. The number of halogens is 1. The first-order valence-electron chi connectivity index (χ1n) is 12.0. The highest BCUT2D eigenvalue weighted by Gasteiger charge is 2.25. The van der Waals surface area contributed by atoms with Crippen LogP contribution < -0.4 is 15.8 Å². The third-order valence-corrected chi connectivity index (χ3v) is 7.80. The lowest BCUT2D eigenvalue weighted by Gasteiger charge is -2.36. The second-order valence-electron chi connectivity index (χ2n) is 8.34. The molecular weight excluding hydrogens is 468 g/mol. The molecular formula is C26H35ClN4O2S. The zero-order valence-corrected chi connectivity index (χ0v) is 22.3. The Hall–Kier alpha value is -2.38. The molecule has 2 aromatic heterocycles. The smallest absolute Gasteiger partial charge is 0.253 e. The fourth-order valence-electron chi connectivity index (χ4n) is 4.60. The fourth-order valence-corrected chi connectivity index (χ4v) is 6.09. The first kappa shape index (κ1) is 26.2. The number of hydrogen-bond acceptors (Lipinski definition) is 5. The van der Waals surface area contributed by atoms with Crippen molar-refractivity contribution in [3.63, 3.8) is 0 Å². The predicted molar refractivity (Wildman–Crippen MR) is 146 cm³/mol. The summed E-state index contributed by atoms with van der Waals surface area (Å²) in [5.41, 5.74) is 3.48. The van der Waals surface area contributed by atoms with E-state index >= 15 is 0 Å². The Balaban J connectivity index is 0.00000158. The van der Waals surface area contributed by atoms with Gasteiger partial charge < -0.3 is 15.2 Å². The van der Waals surface area contributed by atoms with Crippen LogP contribution in [0.1, 0.15) is 50.4 Å². The van der Waals surface area contributed by atoms with E-state index in [4.69, 9.17) is 11.6 Å². The van der Waals surface area contributed by atoms with Crippen LogP contribution in [0.5, 0.6) is 0 Å². The number of aromatic amines is 1. The number of nitrogens with zero attached hydrogens (tertiary/aromatic N) is 2. The van der Waals surface area contributed by atoms with Gasteiger partial charge in [0.15, 0.2) is 0 Å². The standard InChI is InChI=1S/C24H29ClN4O2S.C2H6/c1-4-29(18-6-9-32(31)10-7-18)22-13-17(25)12-20-19(22)5-8-26-23(20)27-14-21-15(2)11-16(3)28-24(21)30;1-2/h5,8,11-13,18H,4,6-7,9-10,14H2,1-3H3,(H,26,27)(H,28,30);1-2H3. The lowest BCUT2D eigenvalue weighted by atomic mass is 10.0. The van der Waals surface area contributed by atoms with Crippen LogP contribution in [0.25, 0.3) is 10.8 Å². The zero-order valence-electron chi connectivity index (χ0n) is 20.7. The predicted octanol–water partition coefficient (Wildman–Crippen LogP) is 5.57.